The van der Waals surface area contributed by atoms with Gasteiger partial charge in [-0.1, -0.05) is 24.3 Å². The van der Waals surface area contributed by atoms with Crippen LogP contribution < -0.4 is 9.47 Å². The number of para-hydroxylation sites is 1. The quantitative estimate of drug-likeness (QED) is 0.625. The third-order valence-corrected chi connectivity index (χ3v) is 3.31. The van der Waals surface area contributed by atoms with Crippen LogP contribution in [0.5, 0.6) is 23.0 Å². The zero-order chi connectivity index (χ0) is 16.8. The molecule has 0 aliphatic rings. The fraction of sp³-hybridized carbons (Fsp3) is 0.0500. The highest BCUT2D eigenvalue weighted by Crippen LogP contribution is 2.28. The lowest BCUT2D eigenvalue weighted by atomic mass is 10.1. The predicted molar refractivity (Wildman–Crippen MR) is 88.7 cm³/mol. The second-order valence-corrected chi connectivity index (χ2v) is 5.09. The summed E-state index contributed by atoms with van der Waals surface area (Å²) in [6, 6.07) is 22.8. The normalized spacial score (nSPS) is 10.0. The molecule has 3 aromatic rings. The molecule has 0 unspecified atom stereocenters. The number of halogens is 1. The standard InChI is InChI=1S/C20H14FNO2/c21-19-11-6-15(12-13-22)14-20(19)24-18-9-7-17(8-10-18)23-16-4-2-1-3-5-16/h1-11,14H,12H2. The molecule has 0 heterocycles. The molecule has 0 saturated heterocycles. The van der Waals surface area contributed by atoms with E-state index in [9.17, 15) is 4.39 Å². The molecule has 0 aromatic heterocycles. The van der Waals surface area contributed by atoms with E-state index < -0.39 is 5.82 Å². The Kier molecular flexibility index (Phi) is 4.73. The molecule has 0 fully saturated rings. The number of hydrogen-bond donors (Lipinski definition) is 0. The third-order valence-electron chi connectivity index (χ3n) is 3.31. The van der Waals surface area contributed by atoms with Crippen molar-refractivity contribution in [2.24, 2.45) is 0 Å². The van der Waals surface area contributed by atoms with E-state index in [0.29, 0.717) is 17.1 Å². The maximum absolute atomic E-state index is 13.8. The molecule has 0 N–H and O–H groups in total. The zero-order valence-electron chi connectivity index (χ0n) is 12.8. The number of ether oxygens (including phenoxy) is 2. The molecule has 3 aromatic carbocycles. The second-order valence-electron chi connectivity index (χ2n) is 5.09. The van der Waals surface area contributed by atoms with Gasteiger partial charge >= 0.3 is 0 Å². The summed E-state index contributed by atoms with van der Waals surface area (Å²) in [5.41, 5.74) is 0.706. The van der Waals surface area contributed by atoms with E-state index in [-0.39, 0.29) is 12.2 Å². The van der Waals surface area contributed by atoms with Gasteiger partial charge in [-0.2, -0.15) is 5.26 Å². The summed E-state index contributed by atoms with van der Waals surface area (Å²) in [5, 5.41) is 8.72. The minimum Gasteiger partial charge on any atom is -0.457 e. The molecular weight excluding hydrogens is 305 g/mol. The summed E-state index contributed by atoms with van der Waals surface area (Å²) in [7, 11) is 0. The van der Waals surface area contributed by atoms with Crippen LogP contribution in [0.4, 0.5) is 4.39 Å². The van der Waals surface area contributed by atoms with Crippen molar-refractivity contribution in [3.63, 3.8) is 0 Å². The maximum Gasteiger partial charge on any atom is 0.165 e. The predicted octanol–water partition coefficient (Wildman–Crippen LogP) is 5.48. The second kappa shape index (κ2) is 7.30. The van der Waals surface area contributed by atoms with Crippen molar-refractivity contribution >= 4 is 0 Å². The zero-order valence-corrected chi connectivity index (χ0v) is 12.8. The Morgan fingerprint density at radius 3 is 2.08 bits per heavy atom. The van der Waals surface area contributed by atoms with Crippen LogP contribution in [0, 0.1) is 17.1 Å². The summed E-state index contributed by atoms with van der Waals surface area (Å²) in [6.07, 6.45) is 0.209. The maximum atomic E-state index is 13.8. The number of nitriles is 1. The lowest BCUT2D eigenvalue weighted by Crippen LogP contribution is -1.91. The van der Waals surface area contributed by atoms with E-state index in [1.807, 2.05) is 36.4 Å². The van der Waals surface area contributed by atoms with Gasteiger partial charge in [-0.05, 0) is 54.1 Å². The number of hydrogen-bond acceptors (Lipinski definition) is 3. The van der Waals surface area contributed by atoms with E-state index in [4.69, 9.17) is 14.7 Å². The topological polar surface area (TPSA) is 42.2 Å². The molecule has 0 radical (unpaired) electrons. The van der Waals surface area contributed by atoms with Crippen LogP contribution in [0.3, 0.4) is 0 Å². The average Bonchev–Trinajstić information content (AvgIpc) is 2.61. The Balaban J connectivity index is 1.72. The van der Waals surface area contributed by atoms with Crippen LogP contribution in [-0.4, -0.2) is 0 Å². The van der Waals surface area contributed by atoms with E-state index >= 15 is 0 Å². The van der Waals surface area contributed by atoms with E-state index in [1.165, 1.54) is 12.1 Å². The summed E-state index contributed by atoms with van der Waals surface area (Å²) in [5.74, 6) is 1.51. The van der Waals surface area contributed by atoms with Crippen molar-refractivity contribution in [1.29, 1.82) is 5.26 Å². The first-order valence-electron chi connectivity index (χ1n) is 7.41. The van der Waals surface area contributed by atoms with Crippen LogP contribution in [-0.2, 0) is 6.42 Å². The van der Waals surface area contributed by atoms with Crippen LogP contribution in [0.1, 0.15) is 5.56 Å². The van der Waals surface area contributed by atoms with E-state index in [1.54, 1.807) is 30.3 Å². The first-order chi connectivity index (χ1) is 11.7. The summed E-state index contributed by atoms with van der Waals surface area (Å²) < 4.78 is 25.1. The van der Waals surface area contributed by atoms with Crippen LogP contribution in [0.15, 0.2) is 72.8 Å². The van der Waals surface area contributed by atoms with Crippen molar-refractivity contribution in [3.05, 3.63) is 84.2 Å². The molecule has 0 saturated carbocycles. The Morgan fingerprint density at radius 1 is 0.792 bits per heavy atom. The molecule has 0 aliphatic heterocycles. The van der Waals surface area contributed by atoms with Gasteiger partial charge in [-0.15, -0.1) is 0 Å². The van der Waals surface area contributed by atoms with Gasteiger partial charge in [0.1, 0.15) is 17.2 Å². The lowest BCUT2D eigenvalue weighted by molar-refractivity contribution is 0.439. The highest BCUT2D eigenvalue weighted by atomic mass is 19.1. The molecule has 118 valence electrons. The summed E-state index contributed by atoms with van der Waals surface area (Å²) >= 11 is 0. The van der Waals surface area contributed by atoms with Gasteiger partial charge in [0.05, 0.1) is 12.5 Å². The van der Waals surface area contributed by atoms with Crippen LogP contribution in [0.25, 0.3) is 0 Å². The Bertz CT molecular complexity index is 855. The fourth-order valence-electron chi connectivity index (χ4n) is 2.15. The highest BCUT2D eigenvalue weighted by Gasteiger charge is 2.07. The van der Waals surface area contributed by atoms with Gasteiger partial charge in [0.25, 0.3) is 0 Å². The largest absolute Gasteiger partial charge is 0.457 e. The molecule has 24 heavy (non-hydrogen) atoms. The van der Waals surface area contributed by atoms with Gasteiger partial charge in [0, 0.05) is 0 Å². The van der Waals surface area contributed by atoms with Crippen LogP contribution in [0.2, 0.25) is 0 Å². The lowest BCUT2D eigenvalue weighted by Gasteiger charge is -2.09. The number of benzene rings is 3. The van der Waals surface area contributed by atoms with Crippen molar-refractivity contribution in [1.82, 2.24) is 0 Å². The molecule has 3 nitrogen and oxygen atoms in total. The average molecular weight is 319 g/mol. The van der Waals surface area contributed by atoms with Gasteiger partial charge in [-0.3, -0.25) is 0 Å². The first kappa shape index (κ1) is 15.6. The molecular formula is C20H14FNO2. The summed E-state index contributed by atoms with van der Waals surface area (Å²) in [4.78, 5) is 0. The van der Waals surface area contributed by atoms with E-state index in [2.05, 4.69) is 0 Å². The SMILES string of the molecule is N#CCc1ccc(F)c(Oc2ccc(Oc3ccccc3)cc2)c1. The first-order valence-corrected chi connectivity index (χ1v) is 7.41. The number of rotatable bonds is 5. The Morgan fingerprint density at radius 2 is 1.42 bits per heavy atom. The third kappa shape index (κ3) is 3.90. The highest BCUT2D eigenvalue weighted by molar-refractivity contribution is 5.39. The van der Waals surface area contributed by atoms with Gasteiger partial charge in [0.15, 0.2) is 11.6 Å². The number of nitrogens with zero attached hydrogens (tertiary/aromatic N) is 1. The van der Waals surface area contributed by atoms with Crippen molar-refractivity contribution in [2.45, 2.75) is 6.42 Å². The van der Waals surface area contributed by atoms with Gasteiger partial charge < -0.3 is 9.47 Å². The minimum atomic E-state index is -0.471. The molecule has 0 atom stereocenters. The fourth-order valence-corrected chi connectivity index (χ4v) is 2.15. The Labute approximate surface area is 139 Å². The molecule has 0 bridgehead atoms. The van der Waals surface area contributed by atoms with Crippen molar-refractivity contribution in [3.8, 4) is 29.1 Å². The monoisotopic (exact) mass is 319 g/mol. The molecule has 0 amide bonds. The smallest absolute Gasteiger partial charge is 0.165 e. The molecule has 0 aliphatic carbocycles. The summed E-state index contributed by atoms with van der Waals surface area (Å²) in [6.45, 7) is 0. The van der Waals surface area contributed by atoms with Gasteiger partial charge in [-0.25, -0.2) is 4.39 Å². The molecule has 4 heteroatoms. The van der Waals surface area contributed by atoms with Crippen LogP contribution >= 0.6 is 0 Å². The molecule has 3 rings (SSSR count). The molecule has 0 spiro atoms. The minimum absolute atomic E-state index is 0.0967. The van der Waals surface area contributed by atoms with Gasteiger partial charge in [0.2, 0.25) is 0 Å². The van der Waals surface area contributed by atoms with Crippen molar-refractivity contribution < 1.29 is 13.9 Å². The van der Waals surface area contributed by atoms with Crippen molar-refractivity contribution in [2.75, 3.05) is 0 Å². The Hall–Kier alpha value is -3.32. The van der Waals surface area contributed by atoms with E-state index in [0.717, 1.165) is 5.75 Å².